The summed E-state index contributed by atoms with van der Waals surface area (Å²) in [5.74, 6) is 1.22. The van der Waals surface area contributed by atoms with Gasteiger partial charge in [0.15, 0.2) is 5.78 Å². The Balaban J connectivity index is 2.16. The van der Waals surface area contributed by atoms with Gasteiger partial charge < -0.3 is 4.74 Å². The molecule has 0 saturated carbocycles. The molecule has 2 bridgehead atoms. The standard InChI is InChI=1S/C15H19NO2/c1-15-6-7-16(2)13(14(15)17)8-10-4-5-11(18-3)9-12(10)15/h4-5,9,13H,6-8H2,1-3H3/t13-,15+/m0/s1. The average Bonchev–Trinajstić information content (AvgIpc) is 2.38. The van der Waals surface area contributed by atoms with Crippen molar-refractivity contribution in [3.8, 4) is 5.75 Å². The van der Waals surface area contributed by atoms with Gasteiger partial charge in [-0.25, -0.2) is 0 Å². The van der Waals surface area contributed by atoms with E-state index in [0.29, 0.717) is 5.78 Å². The minimum absolute atomic E-state index is 0.0599. The van der Waals surface area contributed by atoms with Gasteiger partial charge in [-0.15, -0.1) is 0 Å². The number of carbonyl (C=O) groups is 1. The Morgan fingerprint density at radius 2 is 2.22 bits per heavy atom. The Morgan fingerprint density at radius 1 is 1.44 bits per heavy atom. The predicted molar refractivity (Wildman–Crippen MR) is 70.1 cm³/mol. The highest BCUT2D eigenvalue weighted by Crippen LogP contribution is 2.42. The van der Waals surface area contributed by atoms with Crippen LogP contribution in [0.3, 0.4) is 0 Å². The molecule has 3 nitrogen and oxygen atoms in total. The molecule has 0 unspecified atom stereocenters. The number of methoxy groups -OCH3 is 1. The molecule has 1 aromatic carbocycles. The van der Waals surface area contributed by atoms with E-state index < -0.39 is 0 Å². The quantitative estimate of drug-likeness (QED) is 0.755. The Morgan fingerprint density at radius 3 is 2.94 bits per heavy atom. The summed E-state index contributed by atoms with van der Waals surface area (Å²) in [4.78, 5) is 14.8. The van der Waals surface area contributed by atoms with E-state index in [9.17, 15) is 4.79 Å². The SMILES string of the molecule is COc1ccc2c(c1)[C@@]1(C)CCN(C)[C@@H](C2)C1=O. The zero-order chi connectivity index (χ0) is 12.9. The van der Waals surface area contributed by atoms with Crippen molar-refractivity contribution < 1.29 is 9.53 Å². The second-order valence-corrected chi connectivity index (χ2v) is 5.67. The van der Waals surface area contributed by atoms with Gasteiger partial charge in [-0.1, -0.05) is 6.07 Å². The zero-order valence-corrected chi connectivity index (χ0v) is 11.2. The van der Waals surface area contributed by atoms with Crippen molar-refractivity contribution >= 4 is 5.78 Å². The molecule has 3 heteroatoms. The Kier molecular flexibility index (Phi) is 2.49. The first-order chi connectivity index (χ1) is 8.56. The number of ketones is 1. The zero-order valence-electron chi connectivity index (χ0n) is 11.2. The Hall–Kier alpha value is -1.35. The van der Waals surface area contributed by atoms with Crippen LogP contribution in [0.1, 0.15) is 24.5 Å². The van der Waals surface area contributed by atoms with Crippen LogP contribution in [0.25, 0.3) is 0 Å². The van der Waals surface area contributed by atoms with Crippen LogP contribution < -0.4 is 4.74 Å². The number of benzene rings is 1. The lowest BCUT2D eigenvalue weighted by molar-refractivity contribution is -0.133. The number of ether oxygens (including phenoxy) is 1. The average molecular weight is 245 g/mol. The van der Waals surface area contributed by atoms with E-state index in [1.165, 1.54) is 11.1 Å². The van der Waals surface area contributed by atoms with Crippen molar-refractivity contribution in [3.63, 3.8) is 0 Å². The molecule has 18 heavy (non-hydrogen) atoms. The topological polar surface area (TPSA) is 29.5 Å². The summed E-state index contributed by atoms with van der Waals surface area (Å²) in [5.41, 5.74) is 2.16. The highest BCUT2D eigenvalue weighted by atomic mass is 16.5. The number of likely N-dealkylation sites (tertiary alicyclic amines) is 1. The van der Waals surface area contributed by atoms with Gasteiger partial charge >= 0.3 is 0 Å². The molecule has 1 aromatic rings. The monoisotopic (exact) mass is 245 g/mol. The van der Waals surface area contributed by atoms with E-state index in [4.69, 9.17) is 4.74 Å². The van der Waals surface area contributed by atoms with Crippen molar-refractivity contribution in [2.24, 2.45) is 0 Å². The fraction of sp³-hybridized carbons (Fsp3) is 0.533. The second kappa shape index (κ2) is 3.82. The van der Waals surface area contributed by atoms with Crippen LogP contribution in [0.15, 0.2) is 18.2 Å². The summed E-state index contributed by atoms with van der Waals surface area (Å²) < 4.78 is 5.30. The van der Waals surface area contributed by atoms with Gasteiger partial charge in [0.1, 0.15) is 5.75 Å². The third-order valence-corrected chi connectivity index (χ3v) is 4.67. The maximum atomic E-state index is 12.6. The lowest BCUT2D eigenvalue weighted by Crippen LogP contribution is -2.58. The van der Waals surface area contributed by atoms with E-state index in [-0.39, 0.29) is 11.5 Å². The number of nitrogens with zero attached hydrogens (tertiary/aromatic N) is 1. The molecule has 0 aromatic heterocycles. The number of hydrogen-bond acceptors (Lipinski definition) is 3. The van der Waals surface area contributed by atoms with Crippen molar-refractivity contribution in [2.45, 2.75) is 31.2 Å². The first-order valence-corrected chi connectivity index (χ1v) is 6.48. The molecule has 0 spiro atoms. The van der Waals surface area contributed by atoms with Crippen LogP contribution in [0.5, 0.6) is 5.75 Å². The van der Waals surface area contributed by atoms with Crippen LogP contribution in [0.4, 0.5) is 0 Å². The number of Topliss-reactive ketones (excluding diaryl/α,β-unsaturated/α-hetero) is 1. The number of likely N-dealkylation sites (N-methyl/N-ethyl adjacent to an activating group) is 1. The van der Waals surface area contributed by atoms with Gasteiger partial charge in [0.25, 0.3) is 0 Å². The van der Waals surface area contributed by atoms with E-state index in [0.717, 1.165) is 25.1 Å². The van der Waals surface area contributed by atoms with Crippen molar-refractivity contribution in [1.29, 1.82) is 0 Å². The van der Waals surface area contributed by atoms with Gasteiger partial charge in [0.05, 0.1) is 18.6 Å². The van der Waals surface area contributed by atoms with Gasteiger partial charge in [-0.2, -0.15) is 0 Å². The Labute approximate surface area is 108 Å². The summed E-state index contributed by atoms with van der Waals surface area (Å²) in [6.07, 6.45) is 1.74. The fourth-order valence-corrected chi connectivity index (χ4v) is 3.35. The lowest BCUT2D eigenvalue weighted by atomic mass is 9.64. The summed E-state index contributed by atoms with van der Waals surface area (Å²) in [6.45, 7) is 3.08. The molecule has 1 aliphatic heterocycles. The molecule has 1 fully saturated rings. The minimum atomic E-state index is -0.320. The molecule has 2 aliphatic rings. The van der Waals surface area contributed by atoms with E-state index in [1.54, 1.807) is 7.11 Å². The maximum Gasteiger partial charge on any atom is 0.160 e. The summed E-state index contributed by atoms with van der Waals surface area (Å²) in [7, 11) is 3.73. The highest BCUT2D eigenvalue weighted by molar-refractivity contribution is 5.97. The van der Waals surface area contributed by atoms with Crippen LogP contribution in [-0.2, 0) is 16.6 Å². The van der Waals surface area contributed by atoms with Gasteiger partial charge in [-0.05, 0) is 56.6 Å². The molecule has 1 aliphatic carbocycles. The largest absolute Gasteiger partial charge is 0.497 e. The van der Waals surface area contributed by atoms with Gasteiger partial charge in [0.2, 0.25) is 0 Å². The molecule has 2 atom stereocenters. The predicted octanol–water partition coefficient (Wildman–Crippen LogP) is 1.78. The molecular formula is C15H19NO2. The second-order valence-electron chi connectivity index (χ2n) is 5.67. The molecular weight excluding hydrogens is 226 g/mol. The normalized spacial score (nSPS) is 31.1. The highest BCUT2D eigenvalue weighted by Gasteiger charge is 2.49. The smallest absolute Gasteiger partial charge is 0.160 e. The molecule has 1 heterocycles. The van der Waals surface area contributed by atoms with Gasteiger partial charge in [-0.3, -0.25) is 9.69 Å². The molecule has 96 valence electrons. The molecule has 0 N–H and O–H groups in total. The first kappa shape index (κ1) is 11.7. The van der Waals surface area contributed by atoms with Crippen LogP contribution >= 0.6 is 0 Å². The van der Waals surface area contributed by atoms with E-state index in [1.807, 2.05) is 6.07 Å². The number of hydrogen-bond donors (Lipinski definition) is 0. The summed E-state index contributed by atoms with van der Waals surface area (Å²) >= 11 is 0. The fourth-order valence-electron chi connectivity index (χ4n) is 3.35. The summed E-state index contributed by atoms with van der Waals surface area (Å²) in [5, 5.41) is 0. The summed E-state index contributed by atoms with van der Waals surface area (Å²) in [6, 6.07) is 6.22. The van der Waals surface area contributed by atoms with Crippen LogP contribution in [-0.4, -0.2) is 37.4 Å². The minimum Gasteiger partial charge on any atom is -0.497 e. The third kappa shape index (κ3) is 1.43. The first-order valence-electron chi connectivity index (χ1n) is 6.48. The van der Waals surface area contributed by atoms with Crippen LogP contribution in [0, 0.1) is 0 Å². The molecule has 3 rings (SSSR count). The lowest BCUT2D eigenvalue weighted by Gasteiger charge is -2.47. The Bertz CT molecular complexity index is 511. The van der Waals surface area contributed by atoms with Crippen molar-refractivity contribution in [1.82, 2.24) is 4.90 Å². The number of piperidine rings is 1. The number of rotatable bonds is 1. The van der Waals surface area contributed by atoms with Crippen LogP contribution in [0.2, 0.25) is 0 Å². The third-order valence-electron chi connectivity index (χ3n) is 4.67. The molecule has 1 saturated heterocycles. The maximum absolute atomic E-state index is 12.6. The van der Waals surface area contributed by atoms with Crippen molar-refractivity contribution in [2.75, 3.05) is 20.7 Å². The number of fused-ring (bicyclic) bond motifs is 4. The van der Waals surface area contributed by atoms with Gasteiger partial charge in [0, 0.05) is 0 Å². The molecule has 0 amide bonds. The van der Waals surface area contributed by atoms with Crippen molar-refractivity contribution in [3.05, 3.63) is 29.3 Å². The molecule has 0 radical (unpaired) electrons. The number of carbonyl (C=O) groups excluding carboxylic acids is 1. The van der Waals surface area contributed by atoms with E-state index >= 15 is 0 Å². The van der Waals surface area contributed by atoms with E-state index in [2.05, 4.69) is 31.0 Å².